The van der Waals surface area contributed by atoms with Gasteiger partial charge in [0.1, 0.15) is 23.9 Å². The van der Waals surface area contributed by atoms with Gasteiger partial charge in [0.15, 0.2) is 0 Å². The van der Waals surface area contributed by atoms with Gasteiger partial charge in [0.05, 0.1) is 7.11 Å². The highest BCUT2D eigenvalue weighted by atomic mass is 16.6. The number of rotatable bonds is 12. The van der Waals surface area contributed by atoms with Gasteiger partial charge in [0, 0.05) is 13.1 Å². The molecule has 0 aliphatic carbocycles. The topological polar surface area (TPSA) is 60.0 Å². The molecule has 6 nitrogen and oxygen atoms in total. The van der Waals surface area contributed by atoms with Crippen LogP contribution >= 0.6 is 0 Å². The van der Waals surface area contributed by atoms with Crippen molar-refractivity contribution in [3.63, 3.8) is 0 Å². The fourth-order valence-electron chi connectivity index (χ4n) is 3.92. The average Bonchev–Trinajstić information content (AvgIpc) is 2.90. The van der Waals surface area contributed by atoms with Crippen molar-refractivity contribution in [2.75, 3.05) is 40.9 Å². The Morgan fingerprint density at radius 3 is 1.95 bits per heavy atom. The van der Waals surface area contributed by atoms with Crippen molar-refractivity contribution >= 4 is 11.7 Å². The third-order valence-corrected chi connectivity index (χ3v) is 5.88. The molecule has 0 aliphatic rings. The number of ether oxygens (including phenoxy) is 3. The zero-order valence-corrected chi connectivity index (χ0v) is 22.5. The van der Waals surface area contributed by atoms with Gasteiger partial charge in [-0.1, -0.05) is 48.9 Å². The van der Waals surface area contributed by atoms with E-state index in [1.54, 1.807) is 7.11 Å². The molecule has 0 saturated carbocycles. The standard InChI is InChI=1S/C31H38N2O4/c1-6-19-32-31(34)37-29-17-11-26(12-18-29)30(23(2)22-24-7-13-27(35-5)14-8-24)25-9-15-28(16-10-25)36-21-20-33(3)4/h7-18H,6,19-22H2,1-5H3,(H,32,34)/b30-23-. The molecular weight excluding hydrogens is 464 g/mol. The fraction of sp³-hybridized carbons (Fsp3) is 0.323. The molecule has 3 aromatic carbocycles. The molecule has 0 unspecified atom stereocenters. The van der Waals surface area contributed by atoms with E-state index in [0.29, 0.717) is 18.9 Å². The van der Waals surface area contributed by atoms with Crippen LogP contribution < -0.4 is 19.5 Å². The van der Waals surface area contributed by atoms with Gasteiger partial charge in [-0.25, -0.2) is 4.79 Å². The van der Waals surface area contributed by atoms with E-state index in [4.69, 9.17) is 14.2 Å². The molecule has 0 atom stereocenters. The van der Waals surface area contributed by atoms with Crippen molar-refractivity contribution in [2.45, 2.75) is 26.7 Å². The highest BCUT2D eigenvalue weighted by Gasteiger charge is 2.12. The summed E-state index contributed by atoms with van der Waals surface area (Å²) in [6.07, 6.45) is 1.21. The maximum atomic E-state index is 11.9. The summed E-state index contributed by atoms with van der Waals surface area (Å²) in [6, 6.07) is 24.0. The largest absolute Gasteiger partial charge is 0.497 e. The van der Waals surface area contributed by atoms with Crippen molar-refractivity contribution in [1.29, 1.82) is 0 Å². The third kappa shape index (κ3) is 8.69. The molecule has 37 heavy (non-hydrogen) atoms. The van der Waals surface area contributed by atoms with Crippen molar-refractivity contribution < 1.29 is 19.0 Å². The van der Waals surface area contributed by atoms with Crippen LogP contribution in [-0.4, -0.2) is 51.9 Å². The molecular formula is C31H38N2O4. The summed E-state index contributed by atoms with van der Waals surface area (Å²) in [5.74, 6) is 2.20. The lowest BCUT2D eigenvalue weighted by Crippen LogP contribution is -2.27. The Kier molecular flexibility index (Phi) is 10.6. The number of benzene rings is 3. The molecule has 0 radical (unpaired) electrons. The minimum absolute atomic E-state index is 0.439. The SMILES string of the molecule is CCCNC(=O)Oc1ccc(/C(=C(/C)Cc2ccc(OC)cc2)c2ccc(OCCN(C)C)cc2)cc1. The van der Waals surface area contributed by atoms with Crippen molar-refractivity contribution in [3.8, 4) is 17.2 Å². The lowest BCUT2D eigenvalue weighted by molar-refractivity contribution is 0.200. The second kappa shape index (κ2) is 14.1. The second-order valence-electron chi connectivity index (χ2n) is 9.20. The molecule has 3 aromatic rings. The smallest absolute Gasteiger partial charge is 0.412 e. The number of likely N-dealkylation sites (N-methyl/N-ethyl adjacent to an activating group) is 1. The molecule has 1 N–H and O–H groups in total. The van der Waals surface area contributed by atoms with E-state index in [1.807, 2.05) is 69.6 Å². The number of amides is 1. The number of hydrogen-bond donors (Lipinski definition) is 1. The number of carbonyl (C=O) groups is 1. The number of methoxy groups -OCH3 is 1. The predicted molar refractivity (Wildman–Crippen MR) is 150 cm³/mol. The van der Waals surface area contributed by atoms with Gasteiger partial charge in [-0.2, -0.15) is 0 Å². The fourth-order valence-corrected chi connectivity index (χ4v) is 3.92. The maximum absolute atomic E-state index is 11.9. The summed E-state index contributed by atoms with van der Waals surface area (Å²) in [5, 5.41) is 2.73. The molecule has 1 amide bonds. The van der Waals surface area contributed by atoms with Crippen molar-refractivity contribution in [1.82, 2.24) is 10.2 Å². The summed E-state index contributed by atoms with van der Waals surface area (Å²) >= 11 is 0. The van der Waals surface area contributed by atoms with E-state index >= 15 is 0 Å². The van der Waals surface area contributed by atoms with E-state index in [-0.39, 0.29) is 0 Å². The van der Waals surface area contributed by atoms with Gasteiger partial charge in [-0.05, 0) is 92.5 Å². The number of nitrogens with one attached hydrogen (secondary N) is 1. The van der Waals surface area contributed by atoms with E-state index in [0.717, 1.165) is 47.6 Å². The van der Waals surface area contributed by atoms with Gasteiger partial charge >= 0.3 is 6.09 Å². The van der Waals surface area contributed by atoms with Crippen LogP contribution in [0.2, 0.25) is 0 Å². The average molecular weight is 503 g/mol. The molecule has 0 bridgehead atoms. The first-order chi connectivity index (χ1) is 17.9. The maximum Gasteiger partial charge on any atom is 0.412 e. The van der Waals surface area contributed by atoms with Gasteiger partial charge in [-0.15, -0.1) is 0 Å². The molecule has 6 heteroatoms. The highest BCUT2D eigenvalue weighted by molar-refractivity contribution is 5.82. The number of carbonyl (C=O) groups excluding carboxylic acids is 1. The van der Waals surface area contributed by atoms with E-state index < -0.39 is 6.09 Å². The second-order valence-corrected chi connectivity index (χ2v) is 9.20. The molecule has 3 rings (SSSR count). The van der Waals surface area contributed by atoms with Crippen molar-refractivity contribution in [2.24, 2.45) is 0 Å². The van der Waals surface area contributed by atoms with Crippen LogP contribution in [0.15, 0.2) is 78.4 Å². The summed E-state index contributed by atoms with van der Waals surface area (Å²) in [4.78, 5) is 14.0. The van der Waals surface area contributed by atoms with Crippen molar-refractivity contribution in [3.05, 3.63) is 95.1 Å². The van der Waals surface area contributed by atoms with Crippen LogP contribution in [0, 0.1) is 0 Å². The molecule has 0 spiro atoms. The Balaban J connectivity index is 1.88. The number of allylic oxidation sites excluding steroid dienone is 1. The summed E-state index contributed by atoms with van der Waals surface area (Å²) in [5.41, 5.74) is 5.71. The Labute approximate surface area is 220 Å². The first kappa shape index (κ1) is 27.8. The van der Waals surface area contributed by atoms with Gasteiger partial charge < -0.3 is 24.4 Å². The normalized spacial score (nSPS) is 11.6. The Bertz CT molecular complexity index is 1150. The minimum Gasteiger partial charge on any atom is -0.497 e. The molecule has 0 aromatic heterocycles. The number of hydrogen-bond acceptors (Lipinski definition) is 5. The van der Waals surface area contributed by atoms with Crippen LogP contribution in [0.3, 0.4) is 0 Å². The number of nitrogens with zero attached hydrogens (tertiary/aromatic N) is 1. The zero-order chi connectivity index (χ0) is 26.6. The van der Waals surface area contributed by atoms with E-state index in [9.17, 15) is 4.79 Å². The first-order valence-electron chi connectivity index (χ1n) is 12.7. The molecule has 0 saturated heterocycles. The monoisotopic (exact) mass is 502 g/mol. The Morgan fingerprint density at radius 2 is 1.41 bits per heavy atom. The zero-order valence-electron chi connectivity index (χ0n) is 22.5. The quantitative estimate of drug-likeness (QED) is 0.320. The van der Waals surface area contributed by atoms with E-state index in [1.165, 1.54) is 11.1 Å². The van der Waals surface area contributed by atoms with Crippen LogP contribution in [0.4, 0.5) is 4.79 Å². The van der Waals surface area contributed by atoms with Crippen LogP contribution in [0.25, 0.3) is 5.57 Å². The summed E-state index contributed by atoms with van der Waals surface area (Å²) in [6.45, 7) is 6.24. The predicted octanol–water partition coefficient (Wildman–Crippen LogP) is 6.20. The van der Waals surface area contributed by atoms with Gasteiger partial charge in [0.2, 0.25) is 0 Å². The molecule has 196 valence electrons. The Hall–Kier alpha value is -3.77. The van der Waals surface area contributed by atoms with Gasteiger partial charge in [-0.3, -0.25) is 0 Å². The highest BCUT2D eigenvalue weighted by Crippen LogP contribution is 2.31. The van der Waals surface area contributed by atoms with Crippen LogP contribution in [0.1, 0.15) is 37.0 Å². The van der Waals surface area contributed by atoms with Crippen LogP contribution in [-0.2, 0) is 6.42 Å². The minimum atomic E-state index is -0.439. The Morgan fingerprint density at radius 1 is 0.838 bits per heavy atom. The van der Waals surface area contributed by atoms with Crippen LogP contribution in [0.5, 0.6) is 17.2 Å². The lowest BCUT2D eigenvalue weighted by Gasteiger charge is -2.16. The lowest BCUT2D eigenvalue weighted by atomic mass is 9.90. The molecule has 0 fully saturated rings. The van der Waals surface area contributed by atoms with Gasteiger partial charge in [0.25, 0.3) is 0 Å². The first-order valence-corrected chi connectivity index (χ1v) is 12.7. The third-order valence-electron chi connectivity index (χ3n) is 5.88. The summed E-state index contributed by atoms with van der Waals surface area (Å²) < 4.78 is 16.6. The summed E-state index contributed by atoms with van der Waals surface area (Å²) in [7, 11) is 5.74. The van der Waals surface area contributed by atoms with E-state index in [2.05, 4.69) is 41.4 Å². The molecule has 0 aliphatic heterocycles. The molecule has 0 heterocycles.